The lowest BCUT2D eigenvalue weighted by Crippen LogP contribution is -2.38. The predicted octanol–water partition coefficient (Wildman–Crippen LogP) is 2.98. The fraction of sp³-hybridized carbons (Fsp3) is 0.250. The van der Waals surface area contributed by atoms with Crippen LogP contribution in [0.2, 0.25) is 0 Å². The summed E-state index contributed by atoms with van der Waals surface area (Å²) in [6, 6.07) is 13.5. The molecule has 2 rings (SSSR count). The molecular weight excluding hydrogens is 321 g/mol. The summed E-state index contributed by atoms with van der Waals surface area (Å²) in [6.45, 7) is 4.13. The number of amides is 1. The van der Waals surface area contributed by atoms with E-state index in [4.69, 9.17) is 5.73 Å². The van der Waals surface area contributed by atoms with Gasteiger partial charge in [0.2, 0.25) is 0 Å². The van der Waals surface area contributed by atoms with Crippen LogP contribution in [-0.4, -0.2) is 23.5 Å². The van der Waals surface area contributed by atoms with Crippen molar-refractivity contribution in [2.45, 2.75) is 19.9 Å². The van der Waals surface area contributed by atoms with Crippen LogP contribution in [-0.2, 0) is 0 Å². The molecule has 2 aromatic rings. The van der Waals surface area contributed by atoms with Gasteiger partial charge in [0.15, 0.2) is 0 Å². The van der Waals surface area contributed by atoms with Crippen LogP contribution in [0.4, 0.5) is 0 Å². The Morgan fingerprint density at radius 2 is 1.82 bits per heavy atom. The first kappa shape index (κ1) is 20.4. The van der Waals surface area contributed by atoms with Gasteiger partial charge in [-0.1, -0.05) is 30.3 Å². The second kappa shape index (κ2) is 9.41. The van der Waals surface area contributed by atoms with Gasteiger partial charge in [0.1, 0.15) is 0 Å². The molecule has 0 spiro atoms. The number of nitrogens with two attached hydrogens (primary N) is 1. The van der Waals surface area contributed by atoms with E-state index in [1.165, 1.54) is 0 Å². The Bertz CT molecular complexity index is 606. The van der Waals surface area contributed by atoms with Crippen molar-refractivity contribution in [2.24, 2.45) is 5.73 Å². The van der Waals surface area contributed by atoms with E-state index in [2.05, 4.69) is 10.3 Å². The monoisotopic (exact) mass is 341 g/mol. The maximum Gasteiger partial charge on any atom is 0.253 e. The summed E-state index contributed by atoms with van der Waals surface area (Å²) in [7, 11) is 0. The Morgan fingerprint density at radius 3 is 2.36 bits per heavy atom. The number of aryl methyl sites for hydroxylation is 1. The summed E-state index contributed by atoms with van der Waals surface area (Å²) in [6.07, 6.45) is 0. The zero-order chi connectivity index (χ0) is 14.5. The van der Waals surface area contributed by atoms with Gasteiger partial charge in [-0.05, 0) is 26.0 Å². The molecule has 4 nitrogen and oxygen atoms in total. The first-order valence-electron chi connectivity index (χ1n) is 6.66. The minimum Gasteiger partial charge on any atom is -0.348 e. The lowest BCUT2D eigenvalue weighted by atomic mass is 10.1. The second-order valence-electron chi connectivity index (χ2n) is 4.81. The molecule has 1 amide bonds. The van der Waals surface area contributed by atoms with Gasteiger partial charge in [-0.2, -0.15) is 0 Å². The van der Waals surface area contributed by atoms with Crippen LogP contribution < -0.4 is 11.1 Å². The van der Waals surface area contributed by atoms with Crippen LogP contribution >= 0.6 is 24.8 Å². The number of benzene rings is 1. The third kappa shape index (κ3) is 4.98. The highest BCUT2D eigenvalue weighted by Gasteiger charge is 2.13. The molecular formula is C16H21Cl2N3O. The van der Waals surface area contributed by atoms with Crippen LogP contribution in [0.5, 0.6) is 0 Å². The van der Waals surface area contributed by atoms with E-state index < -0.39 is 0 Å². The van der Waals surface area contributed by atoms with Crippen LogP contribution in [0.1, 0.15) is 23.0 Å². The number of nitrogens with zero attached hydrogens (tertiary/aromatic N) is 1. The zero-order valence-corrected chi connectivity index (χ0v) is 14.2. The Labute approximate surface area is 143 Å². The van der Waals surface area contributed by atoms with Gasteiger partial charge in [-0.15, -0.1) is 24.8 Å². The van der Waals surface area contributed by atoms with Gasteiger partial charge in [0.25, 0.3) is 5.91 Å². The molecule has 1 aromatic heterocycles. The Hall–Kier alpha value is -1.62. The number of aromatic nitrogens is 1. The third-order valence-electron chi connectivity index (χ3n) is 3.13. The second-order valence-corrected chi connectivity index (χ2v) is 4.81. The van der Waals surface area contributed by atoms with E-state index in [0.717, 1.165) is 11.3 Å². The van der Waals surface area contributed by atoms with Gasteiger partial charge in [0.05, 0.1) is 17.0 Å². The maximum atomic E-state index is 12.1. The van der Waals surface area contributed by atoms with Crippen molar-refractivity contribution in [2.75, 3.05) is 6.54 Å². The quantitative estimate of drug-likeness (QED) is 0.898. The molecule has 1 heterocycles. The molecule has 0 fully saturated rings. The Morgan fingerprint density at radius 1 is 1.18 bits per heavy atom. The van der Waals surface area contributed by atoms with E-state index in [1.807, 2.05) is 56.3 Å². The molecule has 22 heavy (non-hydrogen) atoms. The largest absolute Gasteiger partial charge is 0.348 e. The zero-order valence-electron chi connectivity index (χ0n) is 12.6. The van der Waals surface area contributed by atoms with Crippen molar-refractivity contribution in [3.8, 4) is 11.3 Å². The number of hydrogen-bond acceptors (Lipinski definition) is 3. The lowest BCUT2D eigenvalue weighted by Gasteiger charge is -2.13. The molecule has 0 saturated carbocycles. The average molecular weight is 342 g/mol. The molecule has 0 saturated heterocycles. The third-order valence-corrected chi connectivity index (χ3v) is 3.13. The SMILES string of the molecule is Cc1nc(-c2ccccc2)ccc1C(=O)N[C@@H](C)CN.Cl.Cl. The number of hydrogen-bond donors (Lipinski definition) is 2. The molecule has 1 aromatic carbocycles. The van der Waals surface area contributed by atoms with Crippen molar-refractivity contribution in [3.05, 3.63) is 53.7 Å². The van der Waals surface area contributed by atoms with Crippen molar-refractivity contribution >= 4 is 30.7 Å². The van der Waals surface area contributed by atoms with Crippen molar-refractivity contribution in [1.29, 1.82) is 0 Å². The number of carbonyl (C=O) groups excluding carboxylic acids is 1. The Balaban J connectivity index is 0.00000220. The minimum atomic E-state index is -0.132. The smallest absolute Gasteiger partial charge is 0.253 e. The number of rotatable bonds is 4. The predicted molar refractivity (Wildman–Crippen MR) is 94.9 cm³/mol. The fourth-order valence-corrected chi connectivity index (χ4v) is 1.93. The van der Waals surface area contributed by atoms with Crippen LogP contribution in [0, 0.1) is 6.92 Å². The summed E-state index contributed by atoms with van der Waals surface area (Å²) in [4.78, 5) is 16.6. The summed E-state index contributed by atoms with van der Waals surface area (Å²) in [5.41, 5.74) is 8.72. The normalized spacial score (nSPS) is 10.9. The summed E-state index contributed by atoms with van der Waals surface area (Å²) >= 11 is 0. The highest BCUT2D eigenvalue weighted by Crippen LogP contribution is 2.18. The number of halogens is 2. The summed E-state index contributed by atoms with van der Waals surface area (Å²) in [5, 5.41) is 2.84. The van der Waals surface area contributed by atoms with Gasteiger partial charge < -0.3 is 11.1 Å². The molecule has 1 atom stereocenters. The molecule has 120 valence electrons. The van der Waals surface area contributed by atoms with Gasteiger partial charge >= 0.3 is 0 Å². The van der Waals surface area contributed by atoms with Gasteiger partial charge in [-0.3, -0.25) is 9.78 Å². The van der Waals surface area contributed by atoms with Crippen LogP contribution in [0.3, 0.4) is 0 Å². The molecule has 0 radical (unpaired) electrons. The van der Waals surface area contributed by atoms with Gasteiger partial charge in [-0.25, -0.2) is 0 Å². The summed E-state index contributed by atoms with van der Waals surface area (Å²) < 4.78 is 0. The molecule has 0 bridgehead atoms. The van der Waals surface area contributed by atoms with Crippen LogP contribution in [0.15, 0.2) is 42.5 Å². The van der Waals surface area contributed by atoms with Crippen LogP contribution in [0.25, 0.3) is 11.3 Å². The lowest BCUT2D eigenvalue weighted by molar-refractivity contribution is 0.0940. The highest BCUT2D eigenvalue weighted by molar-refractivity contribution is 5.95. The molecule has 0 unspecified atom stereocenters. The van der Waals surface area contributed by atoms with Gasteiger partial charge in [0, 0.05) is 18.2 Å². The van der Waals surface area contributed by atoms with Crippen molar-refractivity contribution < 1.29 is 4.79 Å². The molecule has 3 N–H and O–H groups in total. The van der Waals surface area contributed by atoms with E-state index in [0.29, 0.717) is 17.8 Å². The first-order chi connectivity index (χ1) is 9.61. The maximum absolute atomic E-state index is 12.1. The van der Waals surface area contributed by atoms with E-state index >= 15 is 0 Å². The minimum absolute atomic E-state index is 0. The number of pyridine rings is 1. The summed E-state index contributed by atoms with van der Waals surface area (Å²) in [5.74, 6) is -0.132. The fourth-order valence-electron chi connectivity index (χ4n) is 1.93. The molecule has 0 aliphatic rings. The molecule has 6 heteroatoms. The average Bonchev–Trinajstić information content (AvgIpc) is 2.47. The molecule has 0 aliphatic heterocycles. The number of nitrogens with one attached hydrogen (secondary N) is 1. The van der Waals surface area contributed by atoms with Crippen molar-refractivity contribution in [1.82, 2.24) is 10.3 Å². The van der Waals surface area contributed by atoms with Crippen molar-refractivity contribution in [3.63, 3.8) is 0 Å². The van der Waals surface area contributed by atoms with E-state index in [-0.39, 0.29) is 36.8 Å². The Kier molecular flexibility index (Phi) is 8.72. The molecule has 0 aliphatic carbocycles. The highest BCUT2D eigenvalue weighted by atomic mass is 35.5. The first-order valence-corrected chi connectivity index (χ1v) is 6.66. The topological polar surface area (TPSA) is 68.0 Å². The number of carbonyl (C=O) groups is 1. The van der Waals surface area contributed by atoms with E-state index in [9.17, 15) is 4.79 Å². The standard InChI is InChI=1S/C16H19N3O.2ClH/c1-11(10-17)18-16(20)14-8-9-15(19-12(14)2)13-6-4-3-5-7-13;;/h3-9,11H,10,17H2,1-2H3,(H,18,20);2*1H/t11-;;/m0../s1. The van der Waals surface area contributed by atoms with E-state index in [1.54, 1.807) is 0 Å².